The van der Waals surface area contributed by atoms with Gasteiger partial charge in [-0.1, -0.05) is 43.2 Å². The van der Waals surface area contributed by atoms with Crippen molar-refractivity contribution in [2.75, 3.05) is 31.1 Å². The highest BCUT2D eigenvalue weighted by atomic mass is 127. The number of sulfone groups is 1. The standard InChI is InChI=1S/C21H31N3O2S.HI/c25-27(26)13-11-17(16-27)14-22-21(23-20-8-4-5-9-20)24-12-10-19(15-24)18-6-2-1-3-7-18;/h1-3,6-7,17,19-20H,4-5,8-16H2,(H,22,23);1H. The van der Waals surface area contributed by atoms with Crippen molar-refractivity contribution >= 4 is 39.8 Å². The molecule has 0 amide bonds. The van der Waals surface area contributed by atoms with Crippen LogP contribution in [0.1, 0.15) is 50.0 Å². The molecular weight excluding hydrogens is 485 g/mol. The van der Waals surface area contributed by atoms with Gasteiger partial charge < -0.3 is 10.2 Å². The molecule has 2 atom stereocenters. The summed E-state index contributed by atoms with van der Waals surface area (Å²) in [7, 11) is -2.83. The Morgan fingerprint density at radius 3 is 2.54 bits per heavy atom. The van der Waals surface area contributed by atoms with Crippen LogP contribution in [0.4, 0.5) is 0 Å². The molecule has 0 aromatic heterocycles. The number of hydrogen-bond acceptors (Lipinski definition) is 3. The summed E-state index contributed by atoms with van der Waals surface area (Å²) in [5.74, 6) is 2.37. The van der Waals surface area contributed by atoms with Gasteiger partial charge in [-0.15, -0.1) is 24.0 Å². The molecule has 2 saturated heterocycles. The molecule has 2 unspecified atom stereocenters. The summed E-state index contributed by atoms with van der Waals surface area (Å²) < 4.78 is 23.5. The predicted molar refractivity (Wildman–Crippen MR) is 125 cm³/mol. The molecule has 4 rings (SSSR count). The Hall–Kier alpha value is -0.830. The minimum absolute atomic E-state index is 0. The van der Waals surface area contributed by atoms with Gasteiger partial charge in [-0.05, 0) is 37.2 Å². The van der Waals surface area contributed by atoms with Gasteiger partial charge >= 0.3 is 0 Å². The lowest BCUT2D eigenvalue weighted by Crippen LogP contribution is -2.44. The zero-order valence-corrected chi connectivity index (χ0v) is 19.6. The Morgan fingerprint density at radius 2 is 1.86 bits per heavy atom. The van der Waals surface area contributed by atoms with Crippen molar-refractivity contribution in [3.8, 4) is 0 Å². The lowest BCUT2D eigenvalue weighted by atomic mass is 9.99. The average Bonchev–Trinajstić information content (AvgIpc) is 3.40. The second-order valence-electron chi connectivity index (χ2n) is 8.40. The summed E-state index contributed by atoms with van der Waals surface area (Å²) in [4.78, 5) is 7.30. The summed E-state index contributed by atoms with van der Waals surface area (Å²) in [6.07, 6.45) is 6.92. The fourth-order valence-electron chi connectivity index (χ4n) is 4.67. The van der Waals surface area contributed by atoms with E-state index >= 15 is 0 Å². The molecule has 0 bridgehead atoms. The first-order valence-corrected chi connectivity index (χ1v) is 12.2. The van der Waals surface area contributed by atoms with Crippen molar-refractivity contribution in [1.82, 2.24) is 10.2 Å². The maximum absolute atomic E-state index is 11.7. The van der Waals surface area contributed by atoms with Crippen LogP contribution in [0.2, 0.25) is 0 Å². The first kappa shape index (κ1) is 21.9. The summed E-state index contributed by atoms with van der Waals surface area (Å²) >= 11 is 0. The van der Waals surface area contributed by atoms with E-state index in [4.69, 9.17) is 4.99 Å². The number of halogens is 1. The second-order valence-corrected chi connectivity index (χ2v) is 10.6. The van der Waals surface area contributed by atoms with Gasteiger partial charge in [0.2, 0.25) is 0 Å². The van der Waals surface area contributed by atoms with Crippen LogP contribution in [-0.2, 0) is 9.84 Å². The Morgan fingerprint density at radius 1 is 1.11 bits per heavy atom. The van der Waals surface area contributed by atoms with Crippen molar-refractivity contribution in [1.29, 1.82) is 0 Å². The van der Waals surface area contributed by atoms with Crippen LogP contribution in [-0.4, -0.2) is 56.5 Å². The summed E-state index contributed by atoms with van der Waals surface area (Å²) in [6.45, 7) is 2.63. The lowest BCUT2D eigenvalue weighted by molar-refractivity contribution is 0.461. The van der Waals surface area contributed by atoms with Crippen molar-refractivity contribution in [2.45, 2.75) is 50.5 Å². The van der Waals surface area contributed by atoms with Crippen LogP contribution < -0.4 is 5.32 Å². The second kappa shape index (κ2) is 9.78. The largest absolute Gasteiger partial charge is 0.354 e. The molecule has 1 saturated carbocycles. The highest BCUT2D eigenvalue weighted by Crippen LogP contribution is 2.28. The van der Waals surface area contributed by atoms with Crippen molar-refractivity contribution in [3.05, 3.63) is 35.9 Å². The van der Waals surface area contributed by atoms with Gasteiger partial charge in [0.25, 0.3) is 0 Å². The molecule has 1 aromatic rings. The number of nitrogens with one attached hydrogen (secondary N) is 1. The van der Waals surface area contributed by atoms with Gasteiger partial charge in [0, 0.05) is 31.6 Å². The number of hydrogen-bond donors (Lipinski definition) is 1. The van der Waals surface area contributed by atoms with E-state index in [-0.39, 0.29) is 29.9 Å². The molecular formula is C21H32IN3O2S. The number of rotatable bonds is 4. The third kappa shape index (κ3) is 5.62. The van der Waals surface area contributed by atoms with E-state index in [9.17, 15) is 8.42 Å². The molecule has 0 spiro atoms. The quantitative estimate of drug-likeness (QED) is 0.378. The van der Waals surface area contributed by atoms with Crippen LogP contribution in [0.15, 0.2) is 35.3 Å². The van der Waals surface area contributed by atoms with E-state index in [2.05, 4.69) is 40.5 Å². The number of likely N-dealkylation sites (tertiary alicyclic amines) is 1. The number of benzene rings is 1. The van der Waals surface area contributed by atoms with Gasteiger partial charge in [-0.2, -0.15) is 0 Å². The molecule has 1 aromatic carbocycles. The molecule has 1 aliphatic carbocycles. The maximum Gasteiger partial charge on any atom is 0.194 e. The van der Waals surface area contributed by atoms with Gasteiger partial charge in [-0.25, -0.2) is 8.42 Å². The maximum atomic E-state index is 11.7. The zero-order chi connectivity index (χ0) is 18.7. The van der Waals surface area contributed by atoms with E-state index in [1.54, 1.807) is 0 Å². The smallest absolute Gasteiger partial charge is 0.194 e. The van der Waals surface area contributed by atoms with E-state index in [0.29, 0.717) is 30.0 Å². The SMILES string of the molecule is I.O=S1(=O)CCC(CN=C(NC2CCCC2)N2CCC(c3ccccc3)C2)C1. The van der Waals surface area contributed by atoms with Crippen molar-refractivity contribution in [3.63, 3.8) is 0 Å². The van der Waals surface area contributed by atoms with Gasteiger partial charge in [0.05, 0.1) is 11.5 Å². The lowest BCUT2D eigenvalue weighted by Gasteiger charge is -2.25. The van der Waals surface area contributed by atoms with Crippen molar-refractivity contribution in [2.24, 2.45) is 10.9 Å². The molecule has 0 radical (unpaired) electrons. The summed E-state index contributed by atoms with van der Waals surface area (Å²) in [5.41, 5.74) is 1.40. The third-order valence-electron chi connectivity index (χ3n) is 6.27. The molecule has 3 fully saturated rings. The average molecular weight is 517 g/mol. The highest BCUT2D eigenvalue weighted by Gasteiger charge is 2.30. The Kier molecular flexibility index (Phi) is 7.64. The number of guanidine groups is 1. The van der Waals surface area contributed by atoms with Crippen LogP contribution >= 0.6 is 24.0 Å². The van der Waals surface area contributed by atoms with Crippen LogP contribution in [0.25, 0.3) is 0 Å². The number of nitrogens with zero attached hydrogens (tertiary/aromatic N) is 2. The Bertz CT molecular complexity index is 763. The third-order valence-corrected chi connectivity index (χ3v) is 8.11. The summed E-state index contributed by atoms with van der Waals surface area (Å²) in [6, 6.07) is 11.3. The number of aliphatic imine (C=N–C) groups is 1. The molecule has 5 nitrogen and oxygen atoms in total. The molecule has 28 heavy (non-hydrogen) atoms. The van der Waals surface area contributed by atoms with E-state index in [1.807, 2.05) is 0 Å². The van der Waals surface area contributed by atoms with Gasteiger partial charge in [-0.3, -0.25) is 4.99 Å². The van der Waals surface area contributed by atoms with E-state index in [0.717, 1.165) is 31.9 Å². The molecule has 2 aliphatic heterocycles. The first-order chi connectivity index (χ1) is 13.1. The topological polar surface area (TPSA) is 61.8 Å². The predicted octanol–water partition coefficient (Wildman–Crippen LogP) is 3.42. The zero-order valence-electron chi connectivity index (χ0n) is 16.4. The molecule has 3 aliphatic rings. The Balaban J connectivity index is 0.00000225. The monoisotopic (exact) mass is 517 g/mol. The molecule has 156 valence electrons. The van der Waals surface area contributed by atoms with Crippen LogP contribution in [0.5, 0.6) is 0 Å². The first-order valence-electron chi connectivity index (χ1n) is 10.4. The fourth-order valence-corrected chi connectivity index (χ4v) is 6.52. The molecule has 2 heterocycles. The van der Waals surface area contributed by atoms with Crippen LogP contribution in [0.3, 0.4) is 0 Å². The Labute approximate surface area is 186 Å². The minimum atomic E-state index is -2.83. The minimum Gasteiger partial charge on any atom is -0.354 e. The highest BCUT2D eigenvalue weighted by molar-refractivity contribution is 14.0. The molecule has 7 heteroatoms. The van der Waals surface area contributed by atoms with Gasteiger partial charge in [0.15, 0.2) is 15.8 Å². The fraction of sp³-hybridized carbons (Fsp3) is 0.667. The van der Waals surface area contributed by atoms with E-state index in [1.165, 1.54) is 31.2 Å². The van der Waals surface area contributed by atoms with Crippen molar-refractivity contribution < 1.29 is 8.42 Å². The molecule has 1 N–H and O–H groups in total. The van der Waals surface area contributed by atoms with Gasteiger partial charge in [0.1, 0.15) is 0 Å². The summed E-state index contributed by atoms with van der Waals surface area (Å²) in [5, 5.41) is 3.70. The van der Waals surface area contributed by atoms with E-state index < -0.39 is 9.84 Å². The van der Waals surface area contributed by atoms with Crippen LogP contribution in [0, 0.1) is 5.92 Å². The normalized spacial score (nSPS) is 27.7.